The highest BCUT2D eigenvalue weighted by Crippen LogP contribution is 2.34. The molecule has 154 valence electrons. The first-order valence-electron chi connectivity index (χ1n) is 10.1. The van der Waals surface area contributed by atoms with E-state index in [1.807, 2.05) is 13.0 Å². The summed E-state index contributed by atoms with van der Waals surface area (Å²) in [7, 11) is 0. The zero-order valence-electron chi connectivity index (χ0n) is 16.9. The van der Waals surface area contributed by atoms with Crippen molar-refractivity contribution in [3.8, 4) is 11.5 Å². The predicted octanol–water partition coefficient (Wildman–Crippen LogP) is 2.29. The van der Waals surface area contributed by atoms with Gasteiger partial charge in [-0.25, -0.2) is 4.98 Å². The zero-order valence-corrected chi connectivity index (χ0v) is 16.9. The molecule has 0 saturated carbocycles. The second kappa shape index (κ2) is 7.36. The molecule has 1 fully saturated rings. The third kappa shape index (κ3) is 3.14. The lowest BCUT2D eigenvalue weighted by molar-refractivity contribution is 0.0988. The second-order valence-corrected chi connectivity index (χ2v) is 7.42. The Kier molecular flexibility index (Phi) is 4.53. The van der Waals surface area contributed by atoms with E-state index in [1.54, 1.807) is 30.4 Å². The first kappa shape index (κ1) is 18.5. The Hall–Kier alpha value is -3.56. The molecule has 2 aliphatic rings. The van der Waals surface area contributed by atoms with E-state index in [1.165, 1.54) is 0 Å². The van der Waals surface area contributed by atoms with Gasteiger partial charge in [0.2, 0.25) is 17.7 Å². The quantitative estimate of drug-likeness (QED) is 0.697. The number of nitrogens with zero attached hydrogens (tertiary/aromatic N) is 7. The molecule has 10 nitrogen and oxygen atoms in total. The molecule has 3 aromatic heterocycles. The van der Waals surface area contributed by atoms with E-state index in [0.29, 0.717) is 46.9 Å². The Morgan fingerprint density at radius 2 is 2.17 bits per heavy atom. The fourth-order valence-corrected chi connectivity index (χ4v) is 4.06. The van der Waals surface area contributed by atoms with Gasteiger partial charge in [0.1, 0.15) is 11.4 Å². The number of hydrogen-bond donors (Lipinski definition) is 1. The van der Waals surface area contributed by atoms with Crippen molar-refractivity contribution in [3.05, 3.63) is 36.1 Å². The van der Waals surface area contributed by atoms with E-state index in [-0.39, 0.29) is 11.9 Å². The number of carbonyl (C=O) groups is 1. The molecular weight excluding hydrogens is 384 g/mol. The Balaban J connectivity index is 1.56. The molecule has 10 heteroatoms. The predicted molar refractivity (Wildman–Crippen MR) is 111 cm³/mol. The van der Waals surface area contributed by atoms with Gasteiger partial charge in [0.25, 0.3) is 5.91 Å². The van der Waals surface area contributed by atoms with E-state index >= 15 is 0 Å². The number of nitrogens with one attached hydrogen (secondary N) is 1. The summed E-state index contributed by atoms with van der Waals surface area (Å²) in [6.45, 7) is 5.88. The lowest BCUT2D eigenvalue weighted by Crippen LogP contribution is -2.39. The molecule has 2 aliphatic heterocycles. The van der Waals surface area contributed by atoms with E-state index in [2.05, 4.69) is 35.4 Å². The molecule has 0 bridgehead atoms. The summed E-state index contributed by atoms with van der Waals surface area (Å²) in [6.07, 6.45) is 7.02. The summed E-state index contributed by atoms with van der Waals surface area (Å²) < 4.78 is 5.52. The van der Waals surface area contributed by atoms with Crippen LogP contribution in [0, 0.1) is 6.92 Å². The first-order valence-corrected chi connectivity index (χ1v) is 10.1. The van der Waals surface area contributed by atoms with Crippen LogP contribution in [0.2, 0.25) is 0 Å². The molecule has 5 heterocycles. The average Bonchev–Trinajstić information content (AvgIpc) is 3.38. The number of aryl methyl sites for hydroxylation is 1. The van der Waals surface area contributed by atoms with Crippen molar-refractivity contribution in [2.45, 2.75) is 32.7 Å². The molecule has 1 unspecified atom stereocenters. The number of anilines is 3. The standard InChI is InChI=1S/C20H22N8O2/c1-3-22-20-23-10-16-17(24-20)27-6-4-5-14(27)11-28(19(16)29)15-7-13(8-21-9-15)18-26-25-12(2)30-18/h7-10,14H,3-6,11H2,1-2H3,(H,22,23,24). The highest BCUT2D eigenvalue weighted by molar-refractivity contribution is 6.10. The van der Waals surface area contributed by atoms with E-state index in [4.69, 9.17) is 4.42 Å². The molecule has 1 saturated heterocycles. The van der Waals surface area contributed by atoms with Crippen LogP contribution in [0.4, 0.5) is 17.5 Å². The lowest BCUT2D eigenvalue weighted by atomic mass is 10.2. The molecule has 1 amide bonds. The van der Waals surface area contributed by atoms with Gasteiger partial charge in [-0.05, 0) is 25.8 Å². The highest BCUT2D eigenvalue weighted by atomic mass is 16.4. The van der Waals surface area contributed by atoms with Gasteiger partial charge in [-0.2, -0.15) is 4.98 Å². The number of amides is 1. The van der Waals surface area contributed by atoms with Crippen LogP contribution in [0.1, 0.15) is 36.0 Å². The van der Waals surface area contributed by atoms with E-state index < -0.39 is 0 Å². The number of carbonyl (C=O) groups excluding carboxylic acids is 1. The number of hydrogen-bond acceptors (Lipinski definition) is 9. The van der Waals surface area contributed by atoms with Crippen molar-refractivity contribution in [3.63, 3.8) is 0 Å². The first-order chi connectivity index (χ1) is 14.6. The van der Waals surface area contributed by atoms with Gasteiger partial charge in [0, 0.05) is 45.0 Å². The zero-order chi connectivity index (χ0) is 20.7. The number of rotatable bonds is 4. The van der Waals surface area contributed by atoms with Crippen LogP contribution in [0.5, 0.6) is 0 Å². The van der Waals surface area contributed by atoms with Crippen LogP contribution in [0.15, 0.2) is 29.1 Å². The number of pyridine rings is 1. The molecule has 1 N–H and O–H groups in total. The van der Waals surface area contributed by atoms with Crippen molar-refractivity contribution in [2.24, 2.45) is 0 Å². The van der Waals surface area contributed by atoms with Crippen molar-refractivity contribution in [1.29, 1.82) is 0 Å². The summed E-state index contributed by atoms with van der Waals surface area (Å²) in [6, 6.07) is 2.05. The fraction of sp³-hybridized carbons (Fsp3) is 0.400. The fourth-order valence-electron chi connectivity index (χ4n) is 4.06. The highest BCUT2D eigenvalue weighted by Gasteiger charge is 2.37. The third-order valence-electron chi connectivity index (χ3n) is 5.43. The maximum atomic E-state index is 13.5. The molecule has 0 aromatic carbocycles. The maximum Gasteiger partial charge on any atom is 0.263 e. The molecule has 5 rings (SSSR count). The molecule has 0 aliphatic carbocycles. The van der Waals surface area contributed by atoms with Crippen molar-refractivity contribution in [2.75, 3.05) is 34.8 Å². The Bertz CT molecular complexity index is 1100. The molecule has 0 radical (unpaired) electrons. The van der Waals surface area contributed by atoms with Gasteiger partial charge in [0.15, 0.2) is 0 Å². The molecule has 30 heavy (non-hydrogen) atoms. The number of aromatic nitrogens is 5. The topological polar surface area (TPSA) is 113 Å². The van der Waals surface area contributed by atoms with Crippen LogP contribution in [-0.4, -0.2) is 56.7 Å². The average molecular weight is 406 g/mol. The van der Waals surface area contributed by atoms with Gasteiger partial charge >= 0.3 is 0 Å². The van der Waals surface area contributed by atoms with Crippen LogP contribution in [0.25, 0.3) is 11.5 Å². The Labute approximate surface area is 173 Å². The Morgan fingerprint density at radius 3 is 2.97 bits per heavy atom. The Morgan fingerprint density at radius 1 is 1.27 bits per heavy atom. The van der Waals surface area contributed by atoms with Gasteiger partial charge in [-0.1, -0.05) is 0 Å². The van der Waals surface area contributed by atoms with Crippen molar-refractivity contribution >= 4 is 23.4 Å². The van der Waals surface area contributed by atoms with Gasteiger partial charge in [0.05, 0.1) is 17.4 Å². The summed E-state index contributed by atoms with van der Waals surface area (Å²) in [5.74, 6) is 1.96. The van der Waals surface area contributed by atoms with Crippen LogP contribution < -0.4 is 15.1 Å². The monoisotopic (exact) mass is 406 g/mol. The minimum Gasteiger partial charge on any atom is -0.421 e. The minimum atomic E-state index is -0.136. The normalized spacial score (nSPS) is 18.2. The largest absolute Gasteiger partial charge is 0.421 e. The lowest BCUT2D eigenvalue weighted by Gasteiger charge is -2.27. The maximum absolute atomic E-state index is 13.5. The molecule has 3 aromatic rings. The molecule has 0 spiro atoms. The number of fused-ring (bicyclic) bond motifs is 3. The minimum absolute atomic E-state index is 0.136. The van der Waals surface area contributed by atoms with E-state index in [9.17, 15) is 4.79 Å². The summed E-state index contributed by atoms with van der Waals surface area (Å²) in [5, 5.41) is 11.1. The van der Waals surface area contributed by atoms with Crippen LogP contribution in [-0.2, 0) is 0 Å². The second-order valence-electron chi connectivity index (χ2n) is 7.42. The molecular formula is C20H22N8O2. The van der Waals surface area contributed by atoms with E-state index in [0.717, 1.165) is 25.9 Å². The summed E-state index contributed by atoms with van der Waals surface area (Å²) in [4.78, 5) is 30.8. The van der Waals surface area contributed by atoms with Crippen LogP contribution in [0.3, 0.4) is 0 Å². The van der Waals surface area contributed by atoms with Crippen molar-refractivity contribution < 1.29 is 9.21 Å². The SMILES string of the molecule is CCNc1ncc2c(n1)N1CCCC1CN(c1cncc(-c3nnc(C)o3)c1)C2=O. The summed E-state index contributed by atoms with van der Waals surface area (Å²) >= 11 is 0. The van der Waals surface area contributed by atoms with Crippen molar-refractivity contribution in [1.82, 2.24) is 25.1 Å². The van der Waals surface area contributed by atoms with Crippen LogP contribution >= 0.6 is 0 Å². The third-order valence-corrected chi connectivity index (χ3v) is 5.43. The summed E-state index contributed by atoms with van der Waals surface area (Å²) in [5.41, 5.74) is 1.86. The van der Waals surface area contributed by atoms with Gasteiger partial charge in [-0.15, -0.1) is 10.2 Å². The van der Waals surface area contributed by atoms with Gasteiger partial charge < -0.3 is 19.5 Å². The van der Waals surface area contributed by atoms with Gasteiger partial charge in [-0.3, -0.25) is 9.78 Å². The molecule has 1 atom stereocenters. The smallest absolute Gasteiger partial charge is 0.263 e.